The van der Waals surface area contributed by atoms with Crippen LogP contribution in [0.5, 0.6) is 0 Å². The molecule has 0 amide bonds. The SMILES string of the molecule is CCc1cc(N)c(B(O)O)s1. The number of rotatable bonds is 2. The monoisotopic (exact) mass is 171 g/mol. The molecule has 1 heterocycles. The van der Waals surface area contributed by atoms with Crippen LogP contribution in [0.1, 0.15) is 11.8 Å². The summed E-state index contributed by atoms with van der Waals surface area (Å²) in [7, 11) is -1.43. The highest BCUT2D eigenvalue weighted by Gasteiger charge is 2.17. The van der Waals surface area contributed by atoms with Crippen LogP contribution in [0.3, 0.4) is 0 Å². The van der Waals surface area contributed by atoms with E-state index in [0.717, 1.165) is 11.3 Å². The summed E-state index contributed by atoms with van der Waals surface area (Å²) in [5.74, 6) is 0. The predicted octanol–water partition coefficient (Wildman–Crippen LogP) is -0.427. The average Bonchev–Trinajstić information content (AvgIpc) is 2.30. The van der Waals surface area contributed by atoms with Gasteiger partial charge in [-0.15, -0.1) is 11.3 Å². The maximum Gasteiger partial charge on any atom is 0.501 e. The highest BCUT2D eigenvalue weighted by Crippen LogP contribution is 2.14. The molecule has 3 nitrogen and oxygen atoms in total. The van der Waals surface area contributed by atoms with Gasteiger partial charge in [0.1, 0.15) is 0 Å². The lowest BCUT2D eigenvalue weighted by Gasteiger charge is -1.93. The van der Waals surface area contributed by atoms with Crippen molar-refractivity contribution >= 4 is 28.9 Å². The quantitative estimate of drug-likeness (QED) is 0.529. The van der Waals surface area contributed by atoms with Crippen LogP contribution in [0.2, 0.25) is 0 Å². The topological polar surface area (TPSA) is 66.5 Å². The van der Waals surface area contributed by atoms with Crippen molar-refractivity contribution in [3.63, 3.8) is 0 Å². The third-order valence-corrected chi connectivity index (χ3v) is 2.76. The summed E-state index contributed by atoms with van der Waals surface area (Å²) < 4.78 is 0.446. The van der Waals surface area contributed by atoms with Gasteiger partial charge < -0.3 is 15.8 Å². The Morgan fingerprint density at radius 1 is 1.64 bits per heavy atom. The molecule has 0 saturated carbocycles. The van der Waals surface area contributed by atoms with Crippen LogP contribution in [-0.2, 0) is 6.42 Å². The molecule has 0 bridgehead atoms. The summed E-state index contributed by atoms with van der Waals surface area (Å²) in [6.07, 6.45) is 0.877. The molecule has 0 unspecified atom stereocenters. The largest absolute Gasteiger partial charge is 0.501 e. The van der Waals surface area contributed by atoms with E-state index in [9.17, 15) is 0 Å². The third kappa shape index (κ3) is 1.74. The normalized spacial score (nSPS) is 10.1. The number of aryl methyl sites for hydroxylation is 1. The number of thiophene rings is 1. The molecule has 11 heavy (non-hydrogen) atoms. The smallest absolute Gasteiger partial charge is 0.423 e. The summed E-state index contributed by atoms with van der Waals surface area (Å²) in [5, 5.41) is 17.6. The molecular formula is C6H10BNO2S. The van der Waals surface area contributed by atoms with Crippen molar-refractivity contribution in [2.45, 2.75) is 13.3 Å². The second-order valence-corrected chi connectivity index (χ2v) is 3.43. The molecule has 1 aromatic heterocycles. The van der Waals surface area contributed by atoms with Crippen LogP contribution >= 0.6 is 11.3 Å². The van der Waals surface area contributed by atoms with E-state index in [0.29, 0.717) is 10.5 Å². The van der Waals surface area contributed by atoms with Crippen LogP contribution in [0, 0.1) is 0 Å². The molecule has 1 aromatic rings. The second-order valence-electron chi connectivity index (χ2n) is 2.26. The fraction of sp³-hybridized carbons (Fsp3) is 0.333. The minimum atomic E-state index is -1.43. The predicted molar refractivity (Wildman–Crippen MR) is 47.9 cm³/mol. The van der Waals surface area contributed by atoms with Gasteiger partial charge in [0, 0.05) is 10.6 Å². The van der Waals surface area contributed by atoms with Gasteiger partial charge in [-0.1, -0.05) is 6.92 Å². The van der Waals surface area contributed by atoms with Crippen molar-refractivity contribution in [1.82, 2.24) is 0 Å². The summed E-state index contributed by atoms with van der Waals surface area (Å²) in [6.45, 7) is 2.00. The lowest BCUT2D eigenvalue weighted by atomic mass is 9.88. The number of hydrogen-bond acceptors (Lipinski definition) is 4. The molecule has 1 rings (SSSR count). The highest BCUT2D eigenvalue weighted by molar-refractivity contribution is 7.23. The number of nitrogen functional groups attached to an aromatic ring is 1. The van der Waals surface area contributed by atoms with Crippen molar-refractivity contribution in [1.29, 1.82) is 0 Å². The zero-order chi connectivity index (χ0) is 8.43. The summed E-state index contributed by atoms with van der Waals surface area (Å²) >= 11 is 1.34. The van der Waals surface area contributed by atoms with Gasteiger partial charge in [0.25, 0.3) is 0 Å². The molecular weight excluding hydrogens is 161 g/mol. The fourth-order valence-electron chi connectivity index (χ4n) is 0.850. The minimum absolute atomic E-state index is 0.446. The van der Waals surface area contributed by atoms with Crippen LogP contribution < -0.4 is 10.5 Å². The van der Waals surface area contributed by atoms with Crippen LogP contribution in [0.15, 0.2) is 6.07 Å². The number of nitrogens with two attached hydrogens (primary N) is 1. The van der Waals surface area contributed by atoms with Gasteiger partial charge >= 0.3 is 7.12 Å². The molecule has 4 N–H and O–H groups in total. The number of hydrogen-bond donors (Lipinski definition) is 3. The Hall–Kier alpha value is -0.515. The molecule has 60 valence electrons. The lowest BCUT2D eigenvalue weighted by Crippen LogP contribution is -2.28. The summed E-state index contributed by atoms with van der Waals surface area (Å²) in [4.78, 5) is 1.07. The Morgan fingerprint density at radius 3 is 2.55 bits per heavy atom. The molecule has 0 aliphatic carbocycles. The molecule has 0 radical (unpaired) electrons. The molecule has 0 spiro atoms. The van der Waals surface area contributed by atoms with Crippen molar-refractivity contribution in [2.75, 3.05) is 5.73 Å². The van der Waals surface area contributed by atoms with Crippen molar-refractivity contribution < 1.29 is 10.0 Å². The van der Waals surface area contributed by atoms with Gasteiger partial charge in [-0.2, -0.15) is 0 Å². The Morgan fingerprint density at radius 2 is 2.27 bits per heavy atom. The van der Waals surface area contributed by atoms with E-state index in [1.54, 1.807) is 6.07 Å². The molecule has 0 aliphatic rings. The average molecular weight is 171 g/mol. The van der Waals surface area contributed by atoms with Crippen molar-refractivity contribution in [2.24, 2.45) is 0 Å². The maximum absolute atomic E-state index is 8.80. The van der Waals surface area contributed by atoms with Crippen LogP contribution in [-0.4, -0.2) is 17.2 Å². The van der Waals surface area contributed by atoms with Gasteiger partial charge in [0.2, 0.25) is 0 Å². The summed E-state index contributed by atoms with van der Waals surface area (Å²) in [5.41, 5.74) is 5.98. The van der Waals surface area contributed by atoms with E-state index < -0.39 is 7.12 Å². The highest BCUT2D eigenvalue weighted by atomic mass is 32.1. The fourth-order valence-corrected chi connectivity index (χ4v) is 1.75. The van der Waals surface area contributed by atoms with Crippen LogP contribution in [0.4, 0.5) is 5.69 Å². The molecule has 0 aliphatic heterocycles. The first-order chi connectivity index (χ1) is 5.15. The molecule has 0 atom stereocenters. The van der Waals surface area contributed by atoms with E-state index in [-0.39, 0.29) is 0 Å². The van der Waals surface area contributed by atoms with E-state index in [4.69, 9.17) is 15.8 Å². The van der Waals surface area contributed by atoms with E-state index >= 15 is 0 Å². The lowest BCUT2D eigenvalue weighted by molar-refractivity contribution is 0.427. The van der Waals surface area contributed by atoms with Gasteiger partial charge in [0.05, 0.1) is 4.78 Å². The standard InChI is InChI=1S/C6H10BNO2S/c1-2-4-3-5(8)6(11-4)7(9)10/h3,9-10H,2,8H2,1H3. The van der Waals surface area contributed by atoms with Gasteiger partial charge in [-0.3, -0.25) is 0 Å². The van der Waals surface area contributed by atoms with Crippen molar-refractivity contribution in [3.05, 3.63) is 10.9 Å². The van der Waals surface area contributed by atoms with Gasteiger partial charge in [0.15, 0.2) is 0 Å². The first kappa shape index (κ1) is 8.58. The molecule has 0 saturated heterocycles. The molecule has 0 aromatic carbocycles. The van der Waals surface area contributed by atoms with Gasteiger partial charge in [-0.05, 0) is 12.5 Å². The first-order valence-electron chi connectivity index (χ1n) is 3.39. The first-order valence-corrected chi connectivity index (χ1v) is 4.21. The molecule has 0 fully saturated rings. The Bertz CT molecular complexity index is 249. The maximum atomic E-state index is 8.80. The number of anilines is 1. The third-order valence-electron chi connectivity index (χ3n) is 1.43. The minimum Gasteiger partial charge on any atom is -0.423 e. The zero-order valence-electron chi connectivity index (χ0n) is 6.24. The Kier molecular flexibility index (Phi) is 2.54. The van der Waals surface area contributed by atoms with Crippen LogP contribution in [0.25, 0.3) is 0 Å². The Labute approximate surface area is 69.6 Å². The Balaban J connectivity index is 2.97. The summed E-state index contributed by atoms with van der Waals surface area (Å²) in [6, 6.07) is 1.78. The zero-order valence-corrected chi connectivity index (χ0v) is 7.06. The van der Waals surface area contributed by atoms with E-state index in [1.807, 2.05) is 6.92 Å². The van der Waals surface area contributed by atoms with E-state index in [2.05, 4.69) is 0 Å². The molecule has 5 heteroatoms. The van der Waals surface area contributed by atoms with Gasteiger partial charge in [-0.25, -0.2) is 0 Å². The van der Waals surface area contributed by atoms with E-state index in [1.165, 1.54) is 11.3 Å². The van der Waals surface area contributed by atoms with Crippen molar-refractivity contribution in [3.8, 4) is 0 Å². The second kappa shape index (κ2) is 3.25.